The van der Waals surface area contributed by atoms with E-state index in [9.17, 15) is 19.3 Å². The van der Waals surface area contributed by atoms with Crippen LogP contribution in [0.4, 0.5) is 10.1 Å². The van der Waals surface area contributed by atoms with Crippen LogP contribution in [0.15, 0.2) is 18.2 Å². The predicted octanol–water partition coefficient (Wildman–Crippen LogP) is 2.42. The van der Waals surface area contributed by atoms with Crippen LogP contribution in [0.2, 0.25) is 0 Å². The van der Waals surface area contributed by atoms with Gasteiger partial charge in [0, 0.05) is 31.2 Å². The Balaban J connectivity index is 2.40. The smallest absolute Gasteiger partial charge is 0.269 e. The Hall–Kier alpha value is -1.98. The van der Waals surface area contributed by atoms with Gasteiger partial charge in [-0.05, 0) is 18.9 Å². The minimum atomic E-state index is -0.560. The van der Waals surface area contributed by atoms with Crippen LogP contribution in [0, 0.1) is 15.9 Å². The first-order chi connectivity index (χ1) is 8.50. The van der Waals surface area contributed by atoms with Gasteiger partial charge in [0.05, 0.1) is 11.0 Å². The van der Waals surface area contributed by atoms with E-state index in [-0.39, 0.29) is 23.2 Å². The summed E-state index contributed by atoms with van der Waals surface area (Å²) in [6.07, 6.45) is 1.42. The second-order valence-corrected chi connectivity index (χ2v) is 4.33. The molecule has 2 rings (SSSR count). The molecule has 1 fully saturated rings. The molecule has 96 valence electrons. The Morgan fingerprint density at radius 1 is 1.56 bits per heavy atom. The number of nitro groups is 1. The van der Waals surface area contributed by atoms with E-state index in [1.807, 2.05) is 0 Å². The molecule has 1 saturated heterocycles. The highest BCUT2D eigenvalue weighted by atomic mass is 19.1. The number of non-ortho nitro benzene ring substituents is 1. The van der Waals surface area contributed by atoms with Crippen LogP contribution in [-0.2, 0) is 4.79 Å². The first-order valence-electron chi connectivity index (χ1n) is 5.71. The zero-order valence-electron chi connectivity index (χ0n) is 9.93. The summed E-state index contributed by atoms with van der Waals surface area (Å²) in [7, 11) is 0. The molecular weight excluding hydrogens is 239 g/mol. The molecule has 18 heavy (non-hydrogen) atoms. The van der Waals surface area contributed by atoms with Crippen molar-refractivity contribution in [2.45, 2.75) is 25.8 Å². The highest BCUT2D eigenvalue weighted by Crippen LogP contribution is 2.34. The van der Waals surface area contributed by atoms with Crippen molar-refractivity contribution < 1.29 is 14.1 Å². The van der Waals surface area contributed by atoms with Crippen LogP contribution in [0.5, 0.6) is 0 Å². The average Bonchev–Trinajstić information content (AvgIpc) is 2.78. The fourth-order valence-corrected chi connectivity index (χ4v) is 2.37. The lowest BCUT2D eigenvalue weighted by molar-refractivity contribution is -0.385. The number of rotatable bonds is 2. The molecule has 1 aliphatic rings. The molecule has 1 unspecified atom stereocenters. The second-order valence-electron chi connectivity index (χ2n) is 4.33. The zero-order chi connectivity index (χ0) is 13.3. The zero-order valence-corrected chi connectivity index (χ0v) is 9.93. The Morgan fingerprint density at radius 3 is 2.89 bits per heavy atom. The summed E-state index contributed by atoms with van der Waals surface area (Å²) < 4.78 is 13.8. The Bertz CT molecular complexity index is 504. The van der Waals surface area contributed by atoms with Gasteiger partial charge in [0.1, 0.15) is 5.82 Å². The van der Waals surface area contributed by atoms with E-state index < -0.39 is 10.7 Å². The maximum Gasteiger partial charge on any atom is 0.269 e. The number of likely N-dealkylation sites (tertiary alicyclic amines) is 1. The van der Waals surface area contributed by atoms with Crippen molar-refractivity contribution in [3.8, 4) is 0 Å². The number of amides is 1. The first-order valence-corrected chi connectivity index (χ1v) is 5.71. The van der Waals surface area contributed by atoms with Crippen molar-refractivity contribution in [1.82, 2.24) is 4.90 Å². The Morgan fingerprint density at radius 2 is 2.28 bits per heavy atom. The van der Waals surface area contributed by atoms with Gasteiger partial charge >= 0.3 is 0 Å². The molecule has 1 aromatic carbocycles. The number of nitrogens with zero attached hydrogens (tertiary/aromatic N) is 2. The van der Waals surface area contributed by atoms with Gasteiger partial charge in [-0.2, -0.15) is 0 Å². The number of hydrogen-bond donors (Lipinski definition) is 0. The quantitative estimate of drug-likeness (QED) is 0.599. The normalized spacial score (nSPS) is 19.0. The molecule has 0 spiro atoms. The molecule has 0 N–H and O–H groups in total. The molecular formula is C12H13FN2O3. The number of halogens is 1. The van der Waals surface area contributed by atoms with Crippen molar-refractivity contribution in [3.05, 3.63) is 39.7 Å². The lowest BCUT2D eigenvalue weighted by atomic mass is 10.0. The third-order valence-electron chi connectivity index (χ3n) is 3.21. The van der Waals surface area contributed by atoms with E-state index in [0.717, 1.165) is 18.6 Å². The molecule has 0 bridgehead atoms. The molecule has 5 nitrogen and oxygen atoms in total. The van der Waals surface area contributed by atoms with Crippen LogP contribution in [0.25, 0.3) is 0 Å². The monoisotopic (exact) mass is 252 g/mol. The molecule has 1 atom stereocenters. The van der Waals surface area contributed by atoms with Crippen molar-refractivity contribution in [2.24, 2.45) is 0 Å². The number of carbonyl (C=O) groups is 1. The molecule has 1 amide bonds. The highest BCUT2D eigenvalue weighted by molar-refractivity contribution is 5.74. The fourth-order valence-electron chi connectivity index (χ4n) is 2.37. The van der Waals surface area contributed by atoms with Crippen molar-refractivity contribution in [2.75, 3.05) is 6.54 Å². The maximum absolute atomic E-state index is 13.8. The van der Waals surface area contributed by atoms with Gasteiger partial charge in [-0.15, -0.1) is 0 Å². The van der Waals surface area contributed by atoms with E-state index in [1.165, 1.54) is 13.0 Å². The van der Waals surface area contributed by atoms with Gasteiger partial charge in [-0.1, -0.05) is 0 Å². The molecule has 0 aromatic heterocycles. The Kier molecular flexibility index (Phi) is 3.27. The van der Waals surface area contributed by atoms with Gasteiger partial charge in [-0.25, -0.2) is 4.39 Å². The number of hydrogen-bond acceptors (Lipinski definition) is 3. The van der Waals surface area contributed by atoms with Crippen molar-refractivity contribution in [3.63, 3.8) is 0 Å². The molecule has 1 aliphatic heterocycles. The van der Waals surface area contributed by atoms with Gasteiger partial charge < -0.3 is 4.90 Å². The molecule has 0 radical (unpaired) electrons. The number of nitro benzene ring substituents is 1. The van der Waals surface area contributed by atoms with Crippen LogP contribution >= 0.6 is 0 Å². The van der Waals surface area contributed by atoms with Crippen LogP contribution in [0.3, 0.4) is 0 Å². The summed E-state index contributed by atoms with van der Waals surface area (Å²) in [4.78, 5) is 23.1. The molecule has 6 heteroatoms. The summed E-state index contributed by atoms with van der Waals surface area (Å²) in [5, 5.41) is 10.7. The number of carbonyl (C=O) groups excluding carboxylic acids is 1. The van der Waals surface area contributed by atoms with Crippen molar-refractivity contribution in [1.29, 1.82) is 0 Å². The standard InChI is InChI=1S/C12H13FN2O3/c1-8(16)14-6-2-3-12(14)10-7-9(15(17)18)4-5-11(10)13/h4-5,7,12H,2-3,6H2,1H3. The summed E-state index contributed by atoms with van der Waals surface area (Å²) in [6, 6.07) is 3.06. The fraction of sp³-hybridized carbons (Fsp3) is 0.417. The van der Waals surface area contributed by atoms with E-state index in [1.54, 1.807) is 4.90 Å². The summed E-state index contributed by atoms with van der Waals surface area (Å²) >= 11 is 0. The predicted molar refractivity (Wildman–Crippen MR) is 62.4 cm³/mol. The van der Waals surface area contributed by atoms with E-state index in [0.29, 0.717) is 13.0 Å². The van der Waals surface area contributed by atoms with Crippen LogP contribution in [-0.4, -0.2) is 22.3 Å². The second kappa shape index (κ2) is 4.72. The average molecular weight is 252 g/mol. The van der Waals surface area contributed by atoms with Gasteiger partial charge in [0.25, 0.3) is 5.69 Å². The summed E-state index contributed by atoms with van der Waals surface area (Å²) in [6.45, 7) is 2.00. The van der Waals surface area contributed by atoms with Gasteiger partial charge in [0.15, 0.2) is 0 Å². The largest absolute Gasteiger partial charge is 0.336 e. The van der Waals surface area contributed by atoms with Crippen LogP contribution in [0.1, 0.15) is 31.4 Å². The number of benzene rings is 1. The van der Waals surface area contributed by atoms with E-state index in [2.05, 4.69) is 0 Å². The minimum absolute atomic E-state index is 0.136. The molecule has 0 aliphatic carbocycles. The SMILES string of the molecule is CC(=O)N1CCCC1c1cc([N+](=O)[O-])ccc1F. The van der Waals surface area contributed by atoms with Gasteiger partial charge in [-0.3, -0.25) is 14.9 Å². The third kappa shape index (κ3) is 2.18. The topological polar surface area (TPSA) is 63.5 Å². The summed E-state index contributed by atoms with van der Waals surface area (Å²) in [5.41, 5.74) is 0.0821. The third-order valence-corrected chi connectivity index (χ3v) is 3.21. The van der Waals surface area contributed by atoms with Crippen molar-refractivity contribution >= 4 is 11.6 Å². The Labute approximate surface area is 103 Å². The summed E-state index contributed by atoms with van der Waals surface area (Å²) in [5.74, 6) is -0.637. The molecule has 1 aromatic rings. The van der Waals surface area contributed by atoms with Gasteiger partial charge in [0.2, 0.25) is 5.91 Å². The van der Waals surface area contributed by atoms with Crippen LogP contribution < -0.4 is 0 Å². The molecule has 0 saturated carbocycles. The lowest BCUT2D eigenvalue weighted by Gasteiger charge is -2.23. The highest BCUT2D eigenvalue weighted by Gasteiger charge is 2.30. The van der Waals surface area contributed by atoms with E-state index in [4.69, 9.17) is 0 Å². The molecule has 1 heterocycles. The first kappa shape index (κ1) is 12.5. The minimum Gasteiger partial charge on any atom is -0.336 e. The van der Waals surface area contributed by atoms with E-state index >= 15 is 0 Å². The maximum atomic E-state index is 13.8. The lowest BCUT2D eigenvalue weighted by Crippen LogP contribution is -2.28.